The van der Waals surface area contributed by atoms with Crippen molar-refractivity contribution < 1.29 is 18.0 Å². The highest BCUT2D eigenvalue weighted by Gasteiger charge is 2.33. The predicted octanol–water partition coefficient (Wildman–Crippen LogP) is 4.55. The Morgan fingerprint density at radius 3 is 2.81 bits per heavy atom. The van der Waals surface area contributed by atoms with Gasteiger partial charge in [-0.05, 0) is 24.1 Å². The van der Waals surface area contributed by atoms with Crippen LogP contribution < -0.4 is 5.32 Å². The molecule has 0 radical (unpaired) electrons. The standard InChI is InChI=1S/C17H14ClF3N4OS/c1-10-3-2-4-11(15(10)18)7-12-8-22-16(27-12)23-14(26)9-25-6-5-13(24-25)17(19,20)21/h2-6,8H,7,9H2,1H3,(H,22,23,26). The number of nitrogens with zero attached hydrogens (tertiary/aromatic N) is 3. The van der Waals surface area contributed by atoms with Crippen molar-refractivity contribution in [2.75, 3.05) is 5.32 Å². The van der Waals surface area contributed by atoms with E-state index in [1.165, 1.54) is 11.3 Å². The maximum Gasteiger partial charge on any atom is 0.435 e. The van der Waals surface area contributed by atoms with Crippen LogP contribution in [-0.4, -0.2) is 20.7 Å². The summed E-state index contributed by atoms with van der Waals surface area (Å²) >= 11 is 7.56. The predicted molar refractivity (Wildman–Crippen MR) is 97.0 cm³/mol. The maximum absolute atomic E-state index is 12.5. The van der Waals surface area contributed by atoms with Crippen LogP contribution in [0.15, 0.2) is 36.7 Å². The number of hydrogen-bond acceptors (Lipinski definition) is 4. The summed E-state index contributed by atoms with van der Waals surface area (Å²) in [4.78, 5) is 17.0. The Hall–Kier alpha value is -2.39. The quantitative estimate of drug-likeness (QED) is 0.666. The van der Waals surface area contributed by atoms with E-state index in [9.17, 15) is 18.0 Å². The van der Waals surface area contributed by atoms with Crippen molar-refractivity contribution >= 4 is 34.0 Å². The van der Waals surface area contributed by atoms with Crippen LogP contribution in [-0.2, 0) is 23.9 Å². The molecule has 0 spiro atoms. The zero-order valence-electron chi connectivity index (χ0n) is 14.0. The van der Waals surface area contributed by atoms with Gasteiger partial charge >= 0.3 is 6.18 Å². The summed E-state index contributed by atoms with van der Waals surface area (Å²) in [6.45, 7) is 1.58. The highest BCUT2D eigenvalue weighted by atomic mass is 35.5. The number of hydrogen-bond donors (Lipinski definition) is 1. The van der Waals surface area contributed by atoms with Crippen LogP contribution in [0, 0.1) is 6.92 Å². The molecule has 2 heterocycles. The smallest absolute Gasteiger partial charge is 0.300 e. The molecular formula is C17H14ClF3N4OS. The lowest BCUT2D eigenvalue weighted by molar-refractivity contribution is -0.141. The Balaban J connectivity index is 1.61. The minimum atomic E-state index is -4.54. The molecule has 3 aromatic rings. The Bertz CT molecular complexity index is 967. The summed E-state index contributed by atoms with van der Waals surface area (Å²) in [6.07, 6.45) is -1.23. The average Bonchev–Trinajstić information content (AvgIpc) is 3.21. The van der Waals surface area contributed by atoms with Gasteiger partial charge in [-0.15, -0.1) is 11.3 Å². The lowest BCUT2D eigenvalue weighted by Crippen LogP contribution is -2.19. The van der Waals surface area contributed by atoms with Gasteiger partial charge in [0.25, 0.3) is 0 Å². The maximum atomic E-state index is 12.5. The molecule has 0 fully saturated rings. The topological polar surface area (TPSA) is 59.8 Å². The number of thiazole rings is 1. The van der Waals surface area contributed by atoms with Crippen LogP contribution in [0.2, 0.25) is 5.02 Å². The third-order valence-corrected chi connectivity index (χ3v) is 5.13. The van der Waals surface area contributed by atoms with Gasteiger partial charge in [-0.2, -0.15) is 18.3 Å². The molecule has 0 atom stereocenters. The van der Waals surface area contributed by atoms with Gasteiger partial charge in [0.05, 0.1) is 0 Å². The van der Waals surface area contributed by atoms with Crippen LogP contribution in [0.5, 0.6) is 0 Å². The van der Waals surface area contributed by atoms with Crippen molar-refractivity contribution in [3.63, 3.8) is 0 Å². The SMILES string of the molecule is Cc1cccc(Cc2cnc(NC(=O)Cn3ccc(C(F)(F)F)n3)s2)c1Cl. The molecule has 27 heavy (non-hydrogen) atoms. The van der Waals surface area contributed by atoms with Gasteiger partial charge in [-0.1, -0.05) is 29.8 Å². The van der Waals surface area contributed by atoms with Crippen LogP contribution in [0.3, 0.4) is 0 Å². The molecule has 142 valence electrons. The number of benzene rings is 1. The minimum absolute atomic E-state index is 0.339. The number of halogens is 4. The van der Waals surface area contributed by atoms with Crippen LogP contribution in [0.4, 0.5) is 18.3 Å². The molecule has 0 bridgehead atoms. The Kier molecular flexibility index (Phi) is 5.52. The fourth-order valence-corrected chi connectivity index (χ4v) is 3.43. The molecule has 0 aliphatic heterocycles. The first-order valence-electron chi connectivity index (χ1n) is 7.81. The van der Waals surface area contributed by atoms with Crippen molar-refractivity contribution in [2.24, 2.45) is 0 Å². The van der Waals surface area contributed by atoms with E-state index >= 15 is 0 Å². The fraction of sp³-hybridized carbons (Fsp3) is 0.235. The minimum Gasteiger partial charge on any atom is -0.300 e. The normalized spacial score (nSPS) is 11.6. The number of alkyl halides is 3. The zero-order valence-corrected chi connectivity index (χ0v) is 15.6. The molecule has 0 saturated heterocycles. The van der Waals surface area contributed by atoms with Gasteiger partial charge in [-0.25, -0.2) is 4.98 Å². The van der Waals surface area contributed by atoms with E-state index in [-0.39, 0.29) is 6.54 Å². The molecule has 3 rings (SSSR count). The summed E-state index contributed by atoms with van der Waals surface area (Å²) in [5.74, 6) is -0.513. The largest absolute Gasteiger partial charge is 0.435 e. The molecular weight excluding hydrogens is 401 g/mol. The number of carbonyl (C=O) groups is 1. The molecule has 5 nitrogen and oxygen atoms in total. The number of nitrogens with one attached hydrogen (secondary N) is 1. The molecule has 0 aliphatic carbocycles. The summed E-state index contributed by atoms with van der Waals surface area (Å²) in [5.41, 5.74) is 0.890. The van der Waals surface area contributed by atoms with Crippen LogP contribution in [0.1, 0.15) is 21.7 Å². The summed E-state index contributed by atoms with van der Waals surface area (Å²) in [7, 11) is 0. The van der Waals surface area contributed by atoms with Crippen LogP contribution >= 0.6 is 22.9 Å². The second-order valence-corrected chi connectivity index (χ2v) is 7.29. The van der Waals surface area contributed by atoms with Crippen molar-refractivity contribution in [2.45, 2.75) is 26.1 Å². The number of amides is 1. The van der Waals surface area contributed by atoms with E-state index in [4.69, 9.17) is 11.6 Å². The molecule has 0 aliphatic rings. The Morgan fingerprint density at radius 2 is 2.11 bits per heavy atom. The van der Waals surface area contributed by atoms with Gasteiger partial charge in [-0.3, -0.25) is 9.48 Å². The molecule has 2 aromatic heterocycles. The third kappa shape index (κ3) is 4.86. The number of carbonyl (C=O) groups excluding carboxylic acids is 1. The van der Waals surface area contributed by atoms with Crippen molar-refractivity contribution in [1.82, 2.24) is 14.8 Å². The average molecular weight is 415 g/mol. The molecule has 10 heteroatoms. The lowest BCUT2D eigenvalue weighted by atomic mass is 10.1. The van der Waals surface area contributed by atoms with E-state index in [1.54, 1.807) is 6.20 Å². The monoisotopic (exact) mass is 414 g/mol. The lowest BCUT2D eigenvalue weighted by Gasteiger charge is -2.05. The van der Waals surface area contributed by atoms with Crippen molar-refractivity contribution in [1.29, 1.82) is 0 Å². The summed E-state index contributed by atoms with van der Waals surface area (Å²) < 4.78 is 38.5. The Morgan fingerprint density at radius 1 is 1.33 bits per heavy atom. The highest BCUT2D eigenvalue weighted by molar-refractivity contribution is 7.15. The number of aromatic nitrogens is 3. The van der Waals surface area contributed by atoms with E-state index in [0.717, 1.165) is 32.9 Å². The zero-order chi connectivity index (χ0) is 19.6. The third-order valence-electron chi connectivity index (χ3n) is 3.67. The van der Waals surface area contributed by atoms with Gasteiger partial charge in [0, 0.05) is 28.7 Å². The summed E-state index contributed by atoms with van der Waals surface area (Å²) in [5, 5.41) is 6.96. The van der Waals surface area contributed by atoms with E-state index in [1.807, 2.05) is 25.1 Å². The molecule has 1 aromatic carbocycles. The van der Waals surface area contributed by atoms with Crippen molar-refractivity contribution in [3.8, 4) is 0 Å². The van der Waals surface area contributed by atoms with E-state index in [2.05, 4.69) is 15.4 Å². The first-order valence-corrected chi connectivity index (χ1v) is 9.01. The Labute approximate surface area is 161 Å². The van der Waals surface area contributed by atoms with Gasteiger partial charge in [0.1, 0.15) is 6.54 Å². The van der Waals surface area contributed by atoms with Crippen LogP contribution in [0.25, 0.3) is 0 Å². The molecule has 0 saturated carbocycles. The first-order chi connectivity index (χ1) is 12.7. The number of anilines is 1. The summed E-state index contributed by atoms with van der Waals surface area (Å²) in [6, 6.07) is 6.58. The van der Waals surface area contributed by atoms with Gasteiger partial charge in [0.15, 0.2) is 10.8 Å². The number of aryl methyl sites for hydroxylation is 1. The van der Waals surface area contributed by atoms with Gasteiger partial charge < -0.3 is 5.32 Å². The number of rotatable bonds is 5. The molecule has 1 amide bonds. The highest BCUT2D eigenvalue weighted by Crippen LogP contribution is 2.28. The first kappa shape index (κ1) is 19.4. The van der Waals surface area contributed by atoms with E-state index in [0.29, 0.717) is 16.6 Å². The van der Waals surface area contributed by atoms with Gasteiger partial charge in [0.2, 0.25) is 5.91 Å². The van der Waals surface area contributed by atoms with Crippen molar-refractivity contribution in [3.05, 3.63) is 63.4 Å². The second-order valence-electron chi connectivity index (χ2n) is 5.80. The molecule has 0 unspecified atom stereocenters. The second kappa shape index (κ2) is 7.69. The van der Waals surface area contributed by atoms with E-state index < -0.39 is 17.8 Å². The molecule has 1 N–H and O–H groups in total. The fourth-order valence-electron chi connectivity index (χ4n) is 2.39.